The number of nitrogens with zero attached hydrogens (tertiary/aromatic N) is 3. The topological polar surface area (TPSA) is 96.1 Å². The Morgan fingerprint density at radius 1 is 1.24 bits per heavy atom. The molecule has 1 unspecified atom stereocenters. The molecule has 6 heterocycles. The van der Waals surface area contributed by atoms with Crippen molar-refractivity contribution >= 4 is 17.2 Å². The highest BCUT2D eigenvalue weighted by Gasteiger charge is 2.61. The average Bonchev–Trinajstić information content (AvgIpc) is 3.55. The number of aromatic nitrogens is 3. The Bertz CT molecular complexity index is 1460. The van der Waals surface area contributed by atoms with Crippen LogP contribution in [-0.4, -0.2) is 50.4 Å². The predicted molar refractivity (Wildman–Crippen MR) is 129 cm³/mol. The summed E-state index contributed by atoms with van der Waals surface area (Å²) in [6.45, 7) is 3.96. The van der Waals surface area contributed by atoms with E-state index in [0.29, 0.717) is 25.3 Å². The molecule has 11 heteroatoms. The Kier molecular flexibility index (Phi) is 5.26. The summed E-state index contributed by atoms with van der Waals surface area (Å²) in [6.07, 6.45) is 6.55. The lowest BCUT2D eigenvalue weighted by Gasteiger charge is -2.41. The van der Waals surface area contributed by atoms with Crippen molar-refractivity contribution in [2.24, 2.45) is 0 Å². The van der Waals surface area contributed by atoms with Crippen molar-refractivity contribution < 1.29 is 27.8 Å². The van der Waals surface area contributed by atoms with E-state index in [0.717, 1.165) is 24.7 Å². The molecule has 1 atom stereocenters. The highest BCUT2D eigenvalue weighted by atomic mass is 19.3. The lowest BCUT2D eigenvalue weighted by atomic mass is 9.62. The molecule has 2 bridgehead atoms. The lowest BCUT2D eigenvalue weighted by Crippen LogP contribution is -2.45. The number of rotatable bonds is 6. The first-order chi connectivity index (χ1) is 17.5. The fraction of sp³-hybridized carbons (Fsp3) is 0.500. The number of halogens is 2. The van der Waals surface area contributed by atoms with Crippen molar-refractivity contribution in [3.05, 3.63) is 58.4 Å². The molecule has 1 aliphatic carbocycles. The average molecular weight is 515 g/mol. The standard InChI is InChI=1S/C26H28F2N4O5/c1-24(2)8-15(11-35-24)37-18-7-20-30-19(26-12-25(3,13-26)36-14-26)10-31(20)9-16(18)21(33)29-17-5-4-6-32(22(17)34)23(27)28/h4-7,9-10,15,23H,8,11-14H2,1-3H3,(H,29,33). The lowest BCUT2D eigenvalue weighted by molar-refractivity contribution is 0.0154. The number of anilines is 1. The number of nitrogens with one attached hydrogen (secondary N) is 1. The third-order valence-electron chi connectivity index (χ3n) is 7.57. The van der Waals surface area contributed by atoms with E-state index in [1.165, 1.54) is 12.1 Å². The smallest absolute Gasteiger partial charge is 0.321 e. The van der Waals surface area contributed by atoms with Gasteiger partial charge in [-0.15, -0.1) is 0 Å². The molecule has 3 aliphatic heterocycles. The molecule has 37 heavy (non-hydrogen) atoms. The van der Waals surface area contributed by atoms with Crippen molar-refractivity contribution in [3.63, 3.8) is 0 Å². The van der Waals surface area contributed by atoms with Crippen LogP contribution in [0.2, 0.25) is 0 Å². The van der Waals surface area contributed by atoms with Crippen LogP contribution in [0.1, 0.15) is 62.6 Å². The highest BCUT2D eigenvalue weighted by molar-refractivity contribution is 6.06. The second-order valence-electron chi connectivity index (χ2n) is 11.2. The van der Waals surface area contributed by atoms with Crippen LogP contribution < -0.4 is 15.6 Å². The third-order valence-corrected chi connectivity index (χ3v) is 7.57. The van der Waals surface area contributed by atoms with E-state index in [4.69, 9.17) is 19.2 Å². The molecule has 0 aromatic carbocycles. The molecule has 9 nitrogen and oxygen atoms in total. The maximum atomic E-state index is 13.4. The Hall–Kier alpha value is -3.31. The quantitative estimate of drug-likeness (QED) is 0.536. The molecule has 3 aromatic heterocycles. The fourth-order valence-electron chi connectivity index (χ4n) is 5.88. The summed E-state index contributed by atoms with van der Waals surface area (Å²) in [5, 5.41) is 2.48. The van der Waals surface area contributed by atoms with E-state index in [1.807, 2.05) is 20.0 Å². The van der Waals surface area contributed by atoms with E-state index in [9.17, 15) is 18.4 Å². The number of hydrogen-bond donors (Lipinski definition) is 1. The van der Waals surface area contributed by atoms with Gasteiger partial charge in [-0.25, -0.2) is 4.98 Å². The maximum Gasteiger partial charge on any atom is 0.321 e. The van der Waals surface area contributed by atoms with Gasteiger partial charge in [-0.2, -0.15) is 8.78 Å². The second-order valence-corrected chi connectivity index (χ2v) is 11.2. The van der Waals surface area contributed by atoms with Gasteiger partial charge in [-0.3, -0.25) is 14.2 Å². The van der Waals surface area contributed by atoms with Crippen LogP contribution in [0.4, 0.5) is 14.5 Å². The largest absolute Gasteiger partial charge is 0.487 e. The fourth-order valence-corrected chi connectivity index (χ4v) is 5.88. The summed E-state index contributed by atoms with van der Waals surface area (Å²) >= 11 is 0. The predicted octanol–water partition coefficient (Wildman–Crippen LogP) is 3.91. The van der Waals surface area contributed by atoms with Gasteiger partial charge in [0.15, 0.2) is 0 Å². The number of carbonyl (C=O) groups is 1. The molecule has 4 fully saturated rings. The van der Waals surface area contributed by atoms with Crippen molar-refractivity contribution in [2.45, 2.75) is 69.3 Å². The number of amides is 1. The number of hydrogen-bond acceptors (Lipinski definition) is 6. The highest BCUT2D eigenvalue weighted by Crippen LogP contribution is 2.58. The molecular weight excluding hydrogens is 486 g/mol. The summed E-state index contributed by atoms with van der Waals surface area (Å²) in [5.74, 6) is -0.384. The number of alkyl halides is 2. The number of pyridine rings is 2. The van der Waals surface area contributed by atoms with Gasteiger partial charge in [-0.05, 0) is 45.7 Å². The summed E-state index contributed by atoms with van der Waals surface area (Å²) in [5.41, 5.74) is -0.228. The van der Waals surface area contributed by atoms with Crippen LogP contribution in [0.5, 0.6) is 5.75 Å². The van der Waals surface area contributed by atoms with Gasteiger partial charge in [-0.1, -0.05) is 0 Å². The van der Waals surface area contributed by atoms with E-state index < -0.39 is 18.0 Å². The number of fused-ring (bicyclic) bond motifs is 2. The second kappa shape index (κ2) is 8.09. The normalized spacial score (nSPS) is 28.0. The minimum Gasteiger partial charge on any atom is -0.487 e. The minimum absolute atomic E-state index is 0.106. The van der Waals surface area contributed by atoms with Crippen LogP contribution in [-0.2, 0) is 14.9 Å². The minimum atomic E-state index is -3.03. The van der Waals surface area contributed by atoms with E-state index in [1.54, 1.807) is 16.7 Å². The van der Waals surface area contributed by atoms with Crippen LogP contribution in [0, 0.1) is 0 Å². The molecule has 7 rings (SSSR count). The molecule has 1 amide bonds. The van der Waals surface area contributed by atoms with Gasteiger partial charge in [0.2, 0.25) is 0 Å². The van der Waals surface area contributed by atoms with Crippen molar-refractivity contribution in [1.82, 2.24) is 14.0 Å². The summed E-state index contributed by atoms with van der Waals surface area (Å²) in [4.78, 5) is 30.6. The summed E-state index contributed by atoms with van der Waals surface area (Å²) < 4.78 is 46.3. The molecule has 3 aromatic rings. The zero-order chi connectivity index (χ0) is 26.2. The zero-order valence-electron chi connectivity index (χ0n) is 20.8. The molecule has 0 spiro atoms. The molecular formula is C26H28F2N4O5. The molecule has 196 valence electrons. The Balaban J connectivity index is 1.37. The molecule has 1 N–H and O–H groups in total. The Labute approximate surface area is 211 Å². The summed E-state index contributed by atoms with van der Waals surface area (Å²) in [7, 11) is 0. The first kappa shape index (κ1) is 24.1. The van der Waals surface area contributed by atoms with Gasteiger partial charge in [0.1, 0.15) is 23.2 Å². The van der Waals surface area contributed by atoms with Crippen LogP contribution in [0.3, 0.4) is 0 Å². The monoisotopic (exact) mass is 514 g/mol. The van der Waals surface area contributed by atoms with Gasteiger partial charge in [0.05, 0.1) is 35.7 Å². The first-order valence-electron chi connectivity index (χ1n) is 12.2. The summed E-state index contributed by atoms with van der Waals surface area (Å²) in [6, 6.07) is 4.25. The van der Waals surface area contributed by atoms with Crippen molar-refractivity contribution in [3.8, 4) is 5.75 Å². The molecule has 3 saturated heterocycles. The number of carbonyl (C=O) groups excluding carboxylic acids is 1. The zero-order valence-corrected chi connectivity index (χ0v) is 20.8. The van der Waals surface area contributed by atoms with E-state index in [2.05, 4.69) is 12.2 Å². The number of ether oxygens (including phenoxy) is 3. The SMILES string of the molecule is CC1(C)CC(Oc2cc3nc(C45COC(C)(C4)C5)cn3cc2C(=O)Nc2cccn(C(F)F)c2=O)CO1. The molecule has 0 radical (unpaired) electrons. The Morgan fingerprint density at radius 2 is 2.03 bits per heavy atom. The maximum absolute atomic E-state index is 13.4. The van der Waals surface area contributed by atoms with Gasteiger partial charge in [0.25, 0.3) is 11.5 Å². The number of imidazole rings is 1. The van der Waals surface area contributed by atoms with E-state index in [-0.39, 0.29) is 44.3 Å². The van der Waals surface area contributed by atoms with E-state index >= 15 is 0 Å². The van der Waals surface area contributed by atoms with Crippen molar-refractivity contribution in [1.29, 1.82) is 0 Å². The van der Waals surface area contributed by atoms with Crippen LogP contribution in [0.15, 0.2) is 41.6 Å². The van der Waals surface area contributed by atoms with Crippen molar-refractivity contribution in [2.75, 3.05) is 18.5 Å². The van der Waals surface area contributed by atoms with Gasteiger partial charge >= 0.3 is 6.55 Å². The molecule has 4 aliphatic rings. The van der Waals surface area contributed by atoms with Gasteiger partial charge < -0.3 is 23.9 Å². The first-order valence-corrected chi connectivity index (χ1v) is 12.2. The van der Waals surface area contributed by atoms with Crippen LogP contribution in [0.25, 0.3) is 5.65 Å². The third kappa shape index (κ3) is 4.10. The van der Waals surface area contributed by atoms with Gasteiger partial charge in [0, 0.05) is 36.5 Å². The van der Waals surface area contributed by atoms with Crippen LogP contribution >= 0.6 is 0 Å². The molecule has 1 saturated carbocycles. The Morgan fingerprint density at radius 3 is 2.68 bits per heavy atom.